The number of piperidine rings is 1. The van der Waals surface area contributed by atoms with E-state index >= 15 is 0 Å². The molecule has 7 nitrogen and oxygen atoms in total. The Morgan fingerprint density at radius 2 is 1.57 bits per heavy atom. The van der Waals surface area contributed by atoms with Gasteiger partial charge in [0.25, 0.3) is 11.8 Å². The van der Waals surface area contributed by atoms with Crippen molar-refractivity contribution in [3.05, 3.63) is 106 Å². The van der Waals surface area contributed by atoms with E-state index in [1.807, 2.05) is 6.07 Å². The molecule has 0 atom stereocenters. The number of carbonyl (C=O) groups excluding carboxylic acids is 3. The van der Waals surface area contributed by atoms with Gasteiger partial charge in [-0.2, -0.15) is 13.2 Å². The van der Waals surface area contributed by atoms with Crippen LogP contribution in [-0.4, -0.2) is 47.2 Å². The van der Waals surface area contributed by atoms with Crippen LogP contribution in [0.25, 0.3) is 11.1 Å². The summed E-state index contributed by atoms with van der Waals surface area (Å²) in [5.74, 6) is -0.890. The maximum Gasteiger partial charge on any atom is 0.416 e. The number of benzene rings is 3. The third-order valence-electron chi connectivity index (χ3n) is 7.03. The molecule has 0 bridgehead atoms. The van der Waals surface area contributed by atoms with Gasteiger partial charge in [-0.15, -0.1) is 11.3 Å². The van der Waals surface area contributed by atoms with E-state index in [4.69, 9.17) is 0 Å². The average molecular weight is 593 g/mol. The van der Waals surface area contributed by atoms with Crippen molar-refractivity contribution in [1.29, 1.82) is 0 Å². The first-order chi connectivity index (χ1) is 20.2. The summed E-state index contributed by atoms with van der Waals surface area (Å²) >= 11 is 1.37. The Hall–Kier alpha value is -4.51. The van der Waals surface area contributed by atoms with Gasteiger partial charge >= 0.3 is 6.18 Å². The van der Waals surface area contributed by atoms with Gasteiger partial charge in [-0.25, -0.2) is 4.98 Å². The molecule has 0 saturated carbocycles. The lowest BCUT2D eigenvalue weighted by Gasteiger charge is -2.31. The van der Waals surface area contributed by atoms with Gasteiger partial charge < -0.3 is 15.5 Å². The Balaban J connectivity index is 1.16. The number of nitrogens with one attached hydrogen (secondary N) is 2. The molecular formula is C31H27F3N4O3S. The van der Waals surface area contributed by atoms with Gasteiger partial charge in [0, 0.05) is 35.6 Å². The van der Waals surface area contributed by atoms with Crippen LogP contribution in [0.2, 0.25) is 0 Å². The summed E-state index contributed by atoms with van der Waals surface area (Å²) < 4.78 is 39.0. The molecule has 5 rings (SSSR count). The van der Waals surface area contributed by atoms with Crippen molar-refractivity contribution in [2.45, 2.75) is 24.9 Å². The summed E-state index contributed by atoms with van der Waals surface area (Å²) in [6, 6.07) is 20.7. The van der Waals surface area contributed by atoms with Gasteiger partial charge in [0.15, 0.2) is 0 Å². The molecule has 11 heteroatoms. The molecule has 0 radical (unpaired) electrons. The van der Waals surface area contributed by atoms with E-state index in [9.17, 15) is 27.6 Å². The number of nitrogens with zero attached hydrogens (tertiary/aromatic N) is 2. The molecule has 3 amide bonds. The lowest BCUT2D eigenvalue weighted by molar-refractivity contribution is -0.137. The molecule has 3 aromatic carbocycles. The Morgan fingerprint density at radius 3 is 2.26 bits per heavy atom. The van der Waals surface area contributed by atoms with E-state index in [2.05, 4.69) is 15.6 Å². The maximum atomic E-state index is 13.4. The number of thiazole rings is 1. The van der Waals surface area contributed by atoms with Gasteiger partial charge in [-0.1, -0.05) is 48.5 Å². The smallest absolute Gasteiger partial charge is 0.342 e. The third kappa shape index (κ3) is 6.85. The highest BCUT2D eigenvalue weighted by molar-refractivity contribution is 7.09. The van der Waals surface area contributed by atoms with Crippen molar-refractivity contribution < 1.29 is 27.6 Å². The fraction of sp³-hybridized carbons (Fsp3) is 0.226. The Bertz CT molecular complexity index is 1560. The average Bonchev–Trinajstić information content (AvgIpc) is 3.50. The molecule has 1 aliphatic heterocycles. The Kier molecular flexibility index (Phi) is 8.67. The molecule has 1 fully saturated rings. The van der Waals surface area contributed by atoms with E-state index in [0.29, 0.717) is 48.3 Å². The van der Waals surface area contributed by atoms with E-state index in [-0.39, 0.29) is 30.0 Å². The van der Waals surface area contributed by atoms with Gasteiger partial charge in [-0.05, 0) is 54.3 Å². The number of amides is 3. The zero-order valence-corrected chi connectivity index (χ0v) is 23.2. The highest BCUT2D eigenvalue weighted by Gasteiger charge is 2.31. The number of hydrogen-bond acceptors (Lipinski definition) is 5. The van der Waals surface area contributed by atoms with Crippen LogP contribution in [-0.2, 0) is 11.0 Å². The van der Waals surface area contributed by atoms with Crippen LogP contribution in [0.3, 0.4) is 0 Å². The van der Waals surface area contributed by atoms with E-state index in [0.717, 1.165) is 17.1 Å². The molecule has 2 N–H and O–H groups in total. The predicted octanol–water partition coefficient (Wildman–Crippen LogP) is 6.22. The van der Waals surface area contributed by atoms with Crippen molar-refractivity contribution in [3.63, 3.8) is 0 Å². The molecule has 1 aromatic heterocycles. The van der Waals surface area contributed by atoms with Crippen LogP contribution < -0.4 is 10.6 Å². The molecule has 0 aliphatic carbocycles. The van der Waals surface area contributed by atoms with Gasteiger partial charge in [0.2, 0.25) is 5.91 Å². The number of halogens is 3. The molecule has 216 valence electrons. The van der Waals surface area contributed by atoms with Crippen LogP contribution in [0.5, 0.6) is 0 Å². The monoisotopic (exact) mass is 592 g/mol. The van der Waals surface area contributed by atoms with Crippen molar-refractivity contribution in [1.82, 2.24) is 15.2 Å². The summed E-state index contributed by atoms with van der Waals surface area (Å²) in [4.78, 5) is 44.4. The Morgan fingerprint density at radius 1 is 0.905 bits per heavy atom. The highest BCUT2D eigenvalue weighted by atomic mass is 32.1. The van der Waals surface area contributed by atoms with Crippen LogP contribution in [0.4, 0.5) is 18.9 Å². The van der Waals surface area contributed by atoms with Crippen LogP contribution in [0.1, 0.15) is 50.2 Å². The number of alkyl halides is 3. The number of para-hydroxylation sites is 1. The van der Waals surface area contributed by atoms with Crippen LogP contribution in [0.15, 0.2) is 84.2 Å². The van der Waals surface area contributed by atoms with E-state index < -0.39 is 17.6 Å². The number of hydrogen-bond donors (Lipinski definition) is 2. The van der Waals surface area contributed by atoms with Crippen molar-refractivity contribution in [2.75, 3.05) is 25.0 Å². The third-order valence-corrected chi connectivity index (χ3v) is 8.04. The minimum absolute atomic E-state index is 0.0761. The van der Waals surface area contributed by atoms with Gasteiger partial charge in [-0.3, -0.25) is 14.4 Å². The minimum atomic E-state index is -4.43. The summed E-state index contributed by atoms with van der Waals surface area (Å²) in [6.07, 6.45) is -3.12. The molecule has 1 saturated heterocycles. The lowest BCUT2D eigenvalue weighted by Crippen LogP contribution is -2.38. The summed E-state index contributed by atoms with van der Waals surface area (Å²) in [7, 11) is 0. The van der Waals surface area contributed by atoms with E-state index in [1.54, 1.807) is 58.8 Å². The summed E-state index contributed by atoms with van der Waals surface area (Å²) in [5.41, 5.74) is 1.68. The summed E-state index contributed by atoms with van der Waals surface area (Å²) in [5, 5.41) is 7.76. The van der Waals surface area contributed by atoms with Crippen molar-refractivity contribution >= 4 is 34.7 Å². The molecule has 4 aromatic rings. The maximum absolute atomic E-state index is 13.4. The number of anilines is 1. The molecule has 1 aliphatic rings. The van der Waals surface area contributed by atoms with Gasteiger partial charge in [0.05, 0.1) is 17.1 Å². The quantitative estimate of drug-likeness (QED) is 0.267. The molecule has 2 heterocycles. The second-order valence-corrected chi connectivity index (χ2v) is 10.7. The first kappa shape index (κ1) is 29.0. The Labute approximate surface area is 244 Å². The molecule has 0 unspecified atom stereocenters. The van der Waals surface area contributed by atoms with Crippen LogP contribution >= 0.6 is 11.3 Å². The molecule has 42 heavy (non-hydrogen) atoms. The SMILES string of the molecule is O=C(CNC(=O)c1csc(C2CCN(C(=O)c3ccccc3-c3ccc(C(F)(F)F)cc3)CC2)n1)Nc1ccccc1. The van der Waals surface area contributed by atoms with Gasteiger partial charge in [0.1, 0.15) is 5.69 Å². The number of rotatable bonds is 7. The largest absolute Gasteiger partial charge is 0.416 e. The first-order valence-corrected chi connectivity index (χ1v) is 14.2. The molecular weight excluding hydrogens is 565 g/mol. The van der Waals surface area contributed by atoms with Crippen molar-refractivity contribution in [3.8, 4) is 11.1 Å². The fourth-order valence-electron chi connectivity index (χ4n) is 4.82. The predicted molar refractivity (Wildman–Crippen MR) is 154 cm³/mol. The minimum Gasteiger partial charge on any atom is -0.342 e. The molecule has 0 spiro atoms. The lowest BCUT2D eigenvalue weighted by atomic mass is 9.94. The number of likely N-dealkylation sites (tertiary alicyclic amines) is 1. The normalized spacial score (nSPS) is 13.9. The zero-order chi connectivity index (χ0) is 29.7. The number of carbonyl (C=O) groups is 3. The van der Waals surface area contributed by atoms with E-state index in [1.165, 1.54) is 23.5 Å². The second-order valence-electron chi connectivity index (χ2n) is 9.86. The first-order valence-electron chi connectivity index (χ1n) is 13.3. The summed E-state index contributed by atoms with van der Waals surface area (Å²) in [6.45, 7) is 0.770. The number of aromatic nitrogens is 1. The zero-order valence-electron chi connectivity index (χ0n) is 22.4. The van der Waals surface area contributed by atoms with Crippen molar-refractivity contribution in [2.24, 2.45) is 0 Å². The highest BCUT2D eigenvalue weighted by Crippen LogP contribution is 2.34. The fourth-order valence-corrected chi connectivity index (χ4v) is 5.79. The topological polar surface area (TPSA) is 91.4 Å². The van der Waals surface area contributed by atoms with Crippen LogP contribution in [0, 0.1) is 0 Å². The second kappa shape index (κ2) is 12.6. The standard InChI is InChI=1S/C31H27F3N4O3S/c32-31(33,34)22-12-10-20(11-13-22)24-8-4-5-9-25(24)30(41)38-16-14-21(15-17-38)29-37-26(19-42-29)28(40)35-18-27(39)36-23-6-2-1-3-7-23/h1-13,19,21H,14-18H2,(H,35,40)(H,36,39).